The summed E-state index contributed by atoms with van der Waals surface area (Å²) in [5.74, 6) is 0.726. The van der Waals surface area contributed by atoms with Crippen LogP contribution in [0.4, 0.5) is 10.1 Å². The summed E-state index contributed by atoms with van der Waals surface area (Å²) in [5, 5.41) is 8.70. The van der Waals surface area contributed by atoms with Crippen LogP contribution in [0.2, 0.25) is 0 Å². The summed E-state index contributed by atoms with van der Waals surface area (Å²) in [7, 11) is 1.63. The molecule has 0 saturated carbocycles. The van der Waals surface area contributed by atoms with Crippen molar-refractivity contribution in [3.8, 4) is 5.75 Å². The molecular weight excluding hydrogens is 462 g/mol. The summed E-state index contributed by atoms with van der Waals surface area (Å²) in [6.45, 7) is 0.585. The molecule has 2 aromatic rings. The number of nitrogens with one attached hydrogen (secondary N) is 3. The van der Waals surface area contributed by atoms with Gasteiger partial charge >= 0.3 is 0 Å². The zero-order chi connectivity index (χ0) is 18.4. The average molecular weight is 484 g/mol. The lowest BCUT2D eigenvalue weighted by Gasteiger charge is -2.15. The van der Waals surface area contributed by atoms with Crippen LogP contribution in [0, 0.1) is 5.82 Å². The number of guanidine groups is 1. The molecular formula is C19H22FIN4O2. The van der Waals surface area contributed by atoms with E-state index in [9.17, 15) is 9.18 Å². The first-order chi connectivity index (χ1) is 12.6. The molecule has 0 bridgehead atoms. The number of hydrogen-bond donors (Lipinski definition) is 3. The van der Waals surface area contributed by atoms with E-state index in [1.54, 1.807) is 19.2 Å². The number of nitrogens with zero attached hydrogens (tertiary/aromatic N) is 1. The summed E-state index contributed by atoms with van der Waals surface area (Å²) in [6.07, 6.45) is 0.854. The Morgan fingerprint density at radius 3 is 2.78 bits per heavy atom. The normalized spacial score (nSPS) is 15.2. The van der Waals surface area contributed by atoms with Crippen molar-refractivity contribution < 1.29 is 13.9 Å². The Hall–Kier alpha value is -2.36. The summed E-state index contributed by atoms with van der Waals surface area (Å²) in [5.41, 5.74) is 1.61. The van der Waals surface area contributed by atoms with Crippen LogP contribution in [-0.4, -0.2) is 38.1 Å². The van der Waals surface area contributed by atoms with Crippen molar-refractivity contribution in [2.24, 2.45) is 4.99 Å². The third-order valence-electron chi connectivity index (χ3n) is 3.96. The maximum atomic E-state index is 13.1. The van der Waals surface area contributed by atoms with Crippen molar-refractivity contribution in [2.45, 2.75) is 12.5 Å². The predicted octanol–water partition coefficient (Wildman–Crippen LogP) is 2.55. The highest BCUT2D eigenvalue weighted by atomic mass is 127. The van der Waals surface area contributed by atoms with E-state index < -0.39 is 5.82 Å². The molecule has 0 aliphatic carbocycles. The van der Waals surface area contributed by atoms with E-state index in [-0.39, 0.29) is 42.5 Å². The standard InChI is InChI=1S/C19H21FN4O2.HI/c1-21-19(22-11-16-9-13-5-2-3-8-17(13)26-16)23-12-18(25)24-15-7-4-6-14(20)10-15;/h2-8,10,16H,9,11-12H2,1H3,(H,24,25)(H2,21,22,23);1H. The van der Waals surface area contributed by atoms with Gasteiger partial charge in [-0.3, -0.25) is 9.79 Å². The lowest BCUT2D eigenvalue weighted by atomic mass is 10.1. The fraction of sp³-hybridized carbons (Fsp3) is 0.263. The number of carbonyl (C=O) groups is 1. The first-order valence-corrected chi connectivity index (χ1v) is 8.38. The number of halogens is 2. The number of benzene rings is 2. The maximum Gasteiger partial charge on any atom is 0.243 e. The van der Waals surface area contributed by atoms with Gasteiger partial charge in [-0.25, -0.2) is 4.39 Å². The van der Waals surface area contributed by atoms with Crippen LogP contribution in [-0.2, 0) is 11.2 Å². The molecule has 0 radical (unpaired) electrons. The molecule has 1 heterocycles. The SMILES string of the molecule is CN=C(NCC(=O)Nc1cccc(F)c1)NCC1Cc2ccccc2O1.I. The van der Waals surface area contributed by atoms with E-state index in [1.807, 2.05) is 18.2 Å². The van der Waals surface area contributed by atoms with E-state index >= 15 is 0 Å². The van der Waals surface area contributed by atoms with Gasteiger partial charge in [0.15, 0.2) is 5.96 Å². The van der Waals surface area contributed by atoms with E-state index in [1.165, 1.54) is 17.7 Å². The van der Waals surface area contributed by atoms with Gasteiger partial charge in [0, 0.05) is 19.2 Å². The summed E-state index contributed by atoms with van der Waals surface area (Å²) in [6, 6.07) is 13.7. The molecule has 1 atom stereocenters. The Balaban J connectivity index is 0.00000261. The number of carbonyl (C=O) groups excluding carboxylic acids is 1. The fourth-order valence-electron chi connectivity index (χ4n) is 2.73. The zero-order valence-electron chi connectivity index (χ0n) is 14.9. The largest absolute Gasteiger partial charge is 0.488 e. The molecule has 0 saturated heterocycles. The number of aliphatic imine (C=N–C) groups is 1. The van der Waals surface area contributed by atoms with Crippen LogP contribution in [0.3, 0.4) is 0 Å². The predicted molar refractivity (Wildman–Crippen MR) is 114 cm³/mol. The van der Waals surface area contributed by atoms with E-state index in [4.69, 9.17) is 4.74 Å². The quantitative estimate of drug-likeness (QED) is 0.347. The van der Waals surface area contributed by atoms with E-state index in [0.29, 0.717) is 18.2 Å². The molecule has 0 aromatic heterocycles. The zero-order valence-corrected chi connectivity index (χ0v) is 17.2. The minimum atomic E-state index is -0.397. The highest BCUT2D eigenvalue weighted by Gasteiger charge is 2.22. The Morgan fingerprint density at radius 2 is 2.04 bits per heavy atom. The number of ether oxygens (including phenoxy) is 1. The van der Waals surface area contributed by atoms with Crippen molar-refractivity contribution in [2.75, 3.05) is 25.5 Å². The van der Waals surface area contributed by atoms with Crippen LogP contribution in [0.1, 0.15) is 5.56 Å². The van der Waals surface area contributed by atoms with Crippen molar-refractivity contribution in [1.82, 2.24) is 10.6 Å². The van der Waals surface area contributed by atoms with Gasteiger partial charge in [-0.2, -0.15) is 0 Å². The van der Waals surface area contributed by atoms with Crippen LogP contribution in [0.5, 0.6) is 5.75 Å². The van der Waals surface area contributed by atoms with E-state index in [2.05, 4.69) is 27.0 Å². The average Bonchev–Trinajstić information content (AvgIpc) is 3.05. The fourth-order valence-corrected chi connectivity index (χ4v) is 2.73. The molecule has 0 fully saturated rings. The van der Waals surface area contributed by atoms with Crippen LogP contribution >= 0.6 is 24.0 Å². The van der Waals surface area contributed by atoms with Crippen molar-refractivity contribution in [3.63, 3.8) is 0 Å². The minimum Gasteiger partial charge on any atom is -0.488 e. The number of para-hydroxylation sites is 1. The molecule has 27 heavy (non-hydrogen) atoms. The second-order valence-corrected chi connectivity index (χ2v) is 5.92. The lowest BCUT2D eigenvalue weighted by Crippen LogP contribution is -2.44. The number of fused-ring (bicyclic) bond motifs is 1. The highest BCUT2D eigenvalue weighted by molar-refractivity contribution is 14.0. The molecule has 3 rings (SSSR count). The Kier molecular flexibility index (Phi) is 7.83. The number of anilines is 1. The second-order valence-electron chi connectivity index (χ2n) is 5.92. The summed E-state index contributed by atoms with van der Waals surface area (Å²) >= 11 is 0. The van der Waals surface area contributed by atoms with Gasteiger partial charge in [0.25, 0.3) is 0 Å². The molecule has 1 aliphatic rings. The number of amides is 1. The monoisotopic (exact) mass is 484 g/mol. The molecule has 2 aromatic carbocycles. The summed E-state index contributed by atoms with van der Waals surface area (Å²) < 4.78 is 19.0. The Bertz CT molecular complexity index is 791. The molecule has 1 aliphatic heterocycles. The smallest absolute Gasteiger partial charge is 0.243 e. The molecule has 1 amide bonds. The second kappa shape index (κ2) is 10.1. The van der Waals surface area contributed by atoms with Crippen molar-refractivity contribution >= 4 is 41.5 Å². The van der Waals surface area contributed by atoms with Crippen LogP contribution in [0.15, 0.2) is 53.5 Å². The molecule has 144 valence electrons. The van der Waals surface area contributed by atoms with Crippen molar-refractivity contribution in [1.29, 1.82) is 0 Å². The lowest BCUT2D eigenvalue weighted by molar-refractivity contribution is -0.115. The third kappa shape index (κ3) is 6.09. The molecule has 6 nitrogen and oxygen atoms in total. The number of hydrogen-bond acceptors (Lipinski definition) is 3. The van der Waals surface area contributed by atoms with Crippen LogP contribution < -0.4 is 20.7 Å². The van der Waals surface area contributed by atoms with Gasteiger partial charge in [-0.1, -0.05) is 24.3 Å². The van der Waals surface area contributed by atoms with Gasteiger partial charge in [-0.15, -0.1) is 24.0 Å². The molecule has 1 unspecified atom stereocenters. The first-order valence-electron chi connectivity index (χ1n) is 8.38. The Morgan fingerprint density at radius 1 is 1.22 bits per heavy atom. The van der Waals surface area contributed by atoms with Crippen LogP contribution in [0.25, 0.3) is 0 Å². The molecule has 8 heteroatoms. The van der Waals surface area contributed by atoms with Crippen molar-refractivity contribution in [3.05, 3.63) is 59.9 Å². The molecule has 3 N–H and O–H groups in total. The third-order valence-corrected chi connectivity index (χ3v) is 3.96. The number of rotatable bonds is 5. The summed E-state index contributed by atoms with van der Waals surface area (Å²) in [4.78, 5) is 16.0. The van der Waals surface area contributed by atoms with E-state index in [0.717, 1.165) is 12.2 Å². The highest BCUT2D eigenvalue weighted by Crippen LogP contribution is 2.27. The Labute approximate surface area is 174 Å². The van der Waals surface area contributed by atoms with Gasteiger partial charge in [0.2, 0.25) is 5.91 Å². The maximum absolute atomic E-state index is 13.1. The minimum absolute atomic E-state index is 0. The van der Waals surface area contributed by atoms with Gasteiger partial charge in [0.1, 0.15) is 17.7 Å². The molecule has 0 spiro atoms. The first kappa shape index (κ1) is 20.9. The topological polar surface area (TPSA) is 74.8 Å². The van der Waals surface area contributed by atoms with Gasteiger partial charge in [0.05, 0.1) is 13.1 Å². The van der Waals surface area contributed by atoms with Gasteiger partial charge in [-0.05, 0) is 29.8 Å². The van der Waals surface area contributed by atoms with Gasteiger partial charge < -0.3 is 20.7 Å².